The standard InChI is InChI=1S/C19H25NO2S/c1-14(2)19-16-6-4-5-7-17(19)13-20(12-16)23(21,22)18-10-8-15(3)9-11-18/h4-5,8-11,16-17H,6-7,12-13H2,1-3H3. The van der Waals surface area contributed by atoms with E-state index in [1.165, 1.54) is 11.1 Å². The fraction of sp³-hybridized carbons (Fsp3) is 0.474. The van der Waals surface area contributed by atoms with E-state index in [0.29, 0.717) is 29.8 Å². The molecule has 1 fully saturated rings. The first-order valence-corrected chi connectivity index (χ1v) is 9.72. The molecule has 2 unspecified atom stereocenters. The first-order valence-electron chi connectivity index (χ1n) is 8.28. The van der Waals surface area contributed by atoms with Crippen LogP contribution in [-0.2, 0) is 10.0 Å². The fourth-order valence-corrected chi connectivity index (χ4v) is 5.42. The summed E-state index contributed by atoms with van der Waals surface area (Å²) in [6, 6.07) is 7.19. The summed E-state index contributed by atoms with van der Waals surface area (Å²) in [7, 11) is -3.40. The average molecular weight is 331 g/mol. The summed E-state index contributed by atoms with van der Waals surface area (Å²) >= 11 is 0. The lowest BCUT2D eigenvalue weighted by Gasteiger charge is -2.39. The van der Waals surface area contributed by atoms with Crippen molar-refractivity contribution in [3.05, 3.63) is 53.1 Å². The van der Waals surface area contributed by atoms with Gasteiger partial charge in [0.15, 0.2) is 0 Å². The van der Waals surface area contributed by atoms with Crippen molar-refractivity contribution in [1.29, 1.82) is 0 Å². The third kappa shape index (κ3) is 3.15. The summed E-state index contributed by atoms with van der Waals surface area (Å²) in [5.41, 5.74) is 3.91. The highest BCUT2D eigenvalue weighted by atomic mass is 32.2. The number of allylic oxidation sites excluding steroid dienone is 3. The molecule has 3 nitrogen and oxygen atoms in total. The molecule has 3 rings (SSSR count). The maximum Gasteiger partial charge on any atom is 0.243 e. The van der Waals surface area contributed by atoms with Gasteiger partial charge in [0.05, 0.1) is 4.90 Å². The molecule has 0 spiro atoms. The lowest BCUT2D eigenvalue weighted by atomic mass is 9.80. The van der Waals surface area contributed by atoms with Gasteiger partial charge < -0.3 is 0 Å². The van der Waals surface area contributed by atoms with Gasteiger partial charge in [-0.1, -0.05) is 41.0 Å². The van der Waals surface area contributed by atoms with Crippen LogP contribution in [-0.4, -0.2) is 25.8 Å². The summed E-state index contributed by atoms with van der Waals surface area (Å²) in [6.45, 7) is 7.48. The molecule has 2 atom stereocenters. The molecule has 1 aliphatic carbocycles. The van der Waals surface area contributed by atoms with Gasteiger partial charge >= 0.3 is 0 Å². The monoisotopic (exact) mass is 331 g/mol. The van der Waals surface area contributed by atoms with Crippen molar-refractivity contribution in [2.75, 3.05) is 13.1 Å². The van der Waals surface area contributed by atoms with Crippen molar-refractivity contribution in [2.24, 2.45) is 11.8 Å². The van der Waals surface area contributed by atoms with Crippen LogP contribution in [0.3, 0.4) is 0 Å². The second-order valence-electron chi connectivity index (χ2n) is 6.93. The van der Waals surface area contributed by atoms with Crippen molar-refractivity contribution >= 4 is 10.0 Å². The van der Waals surface area contributed by atoms with Gasteiger partial charge in [0.25, 0.3) is 0 Å². The van der Waals surface area contributed by atoms with E-state index in [9.17, 15) is 8.42 Å². The van der Waals surface area contributed by atoms with Crippen molar-refractivity contribution in [3.8, 4) is 0 Å². The number of nitrogens with zero attached hydrogens (tertiary/aromatic N) is 1. The van der Waals surface area contributed by atoms with E-state index in [4.69, 9.17) is 0 Å². The highest BCUT2D eigenvalue weighted by Crippen LogP contribution is 2.39. The number of fused-ring (bicyclic) bond motifs is 2. The topological polar surface area (TPSA) is 37.4 Å². The number of sulfonamides is 1. The molecule has 4 heteroatoms. The predicted octanol–water partition coefficient (Wildman–Crippen LogP) is 3.92. The van der Waals surface area contributed by atoms with Crippen LogP contribution in [0, 0.1) is 18.8 Å². The smallest absolute Gasteiger partial charge is 0.207 e. The van der Waals surface area contributed by atoms with E-state index in [1.807, 2.05) is 19.1 Å². The number of hydrogen-bond acceptors (Lipinski definition) is 2. The lowest BCUT2D eigenvalue weighted by Crippen LogP contribution is -2.45. The molecule has 1 heterocycles. The third-order valence-electron chi connectivity index (χ3n) is 4.97. The number of piperidine rings is 1. The molecular formula is C19H25NO2S. The summed E-state index contributed by atoms with van der Waals surface area (Å²) in [5.74, 6) is 0.635. The number of hydrogen-bond donors (Lipinski definition) is 0. The van der Waals surface area contributed by atoms with E-state index in [1.54, 1.807) is 16.4 Å². The zero-order valence-electron chi connectivity index (χ0n) is 14.1. The minimum Gasteiger partial charge on any atom is -0.207 e. The molecule has 1 aromatic carbocycles. The highest BCUT2D eigenvalue weighted by molar-refractivity contribution is 7.89. The van der Waals surface area contributed by atoms with Gasteiger partial charge in [0.1, 0.15) is 0 Å². The Morgan fingerprint density at radius 1 is 1.00 bits per heavy atom. The Balaban J connectivity index is 1.94. The summed E-state index contributed by atoms with van der Waals surface area (Å²) in [5, 5.41) is 0. The van der Waals surface area contributed by atoms with Gasteiger partial charge in [-0.25, -0.2) is 8.42 Å². The van der Waals surface area contributed by atoms with Crippen LogP contribution >= 0.6 is 0 Å². The van der Waals surface area contributed by atoms with E-state index >= 15 is 0 Å². The van der Waals surface area contributed by atoms with Crippen LogP contribution in [0.25, 0.3) is 0 Å². The van der Waals surface area contributed by atoms with Crippen LogP contribution in [0.4, 0.5) is 0 Å². The van der Waals surface area contributed by atoms with E-state index in [2.05, 4.69) is 26.0 Å². The normalized spacial score (nSPS) is 25.3. The third-order valence-corrected chi connectivity index (χ3v) is 6.82. The minimum absolute atomic E-state index is 0.317. The molecule has 23 heavy (non-hydrogen) atoms. The van der Waals surface area contributed by atoms with E-state index < -0.39 is 10.0 Å². The van der Waals surface area contributed by atoms with Crippen LogP contribution in [0.15, 0.2) is 52.5 Å². The van der Waals surface area contributed by atoms with Crippen LogP contribution in [0.5, 0.6) is 0 Å². The Hall–Kier alpha value is -1.39. The Morgan fingerprint density at radius 2 is 1.52 bits per heavy atom. The molecule has 1 saturated heterocycles. The maximum absolute atomic E-state index is 13.0. The Bertz CT molecular complexity index is 720. The Kier molecular flexibility index (Phi) is 4.47. The molecule has 2 bridgehead atoms. The quantitative estimate of drug-likeness (QED) is 0.770. The van der Waals surface area contributed by atoms with Gasteiger partial charge in [-0.2, -0.15) is 4.31 Å². The van der Waals surface area contributed by atoms with Crippen LogP contribution < -0.4 is 0 Å². The average Bonchev–Trinajstić information content (AvgIpc) is 2.63. The molecule has 1 aliphatic heterocycles. The largest absolute Gasteiger partial charge is 0.243 e. The van der Waals surface area contributed by atoms with Gasteiger partial charge in [-0.3, -0.25) is 0 Å². The Labute approximate surface area is 139 Å². The number of aryl methyl sites for hydroxylation is 1. The molecule has 0 N–H and O–H groups in total. The first-order chi connectivity index (χ1) is 10.9. The van der Waals surface area contributed by atoms with Crippen LogP contribution in [0.2, 0.25) is 0 Å². The Morgan fingerprint density at radius 3 is 2.00 bits per heavy atom. The SMILES string of the molecule is CC(C)=C1C2CC=CCC1CN(S(=O)(=O)c1ccc(C)cc1)C2. The molecule has 2 aliphatic rings. The summed E-state index contributed by atoms with van der Waals surface area (Å²) < 4.78 is 27.7. The summed E-state index contributed by atoms with van der Waals surface area (Å²) in [6.07, 6.45) is 6.32. The van der Waals surface area contributed by atoms with Crippen molar-refractivity contribution < 1.29 is 8.42 Å². The summed E-state index contributed by atoms with van der Waals surface area (Å²) in [4.78, 5) is 0.411. The second kappa shape index (κ2) is 6.25. The lowest BCUT2D eigenvalue weighted by molar-refractivity contribution is 0.272. The van der Waals surface area contributed by atoms with Crippen molar-refractivity contribution in [2.45, 2.75) is 38.5 Å². The van der Waals surface area contributed by atoms with Gasteiger partial charge in [0.2, 0.25) is 10.0 Å². The van der Waals surface area contributed by atoms with Crippen molar-refractivity contribution in [1.82, 2.24) is 4.31 Å². The molecular weight excluding hydrogens is 306 g/mol. The van der Waals surface area contributed by atoms with Crippen LogP contribution in [0.1, 0.15) is 32.3 Å². The molecule has 124 valence electrons. The highest BCUT2D eigenvalue weighted by Gasteiger charge is 2.38. The minimum atomic E-state index is -3.40. The molecule has 0 radical (unpaired) electrons. The second-order valence-corrected chi connectivity index (χ2v) is 8.87. The zero-order valence-corrected chi connectivity index (χ0v) is 14.9. The van der Waals surface area contributed by atoms with Gasteiger partial charge in [-0.05, 0) is 57.6 Å². The molecule has 0 aromatic heterocycles. The van der Waals surface area contributed by atoms with Gasteiger partial charge in [-0.15, -0.1) is 0 Å². The molecule has 0 amide bonds. The number of rotatable bonds is 2. The van der Waals surface area contributed by atoms with E-state index in [0.717, 1.165) is 18.4 Å². The van der Waals surface area contributed by atoms with Gasteiger partial charge in [0, 0.05) is 13.1 Å². The predicted molar refractivity (Wildman–Crippen MR) is 93.7 cm³/mol. The maximum atomic E-state index is 13.0. The molecule has 0 saturated carbocycles. The van der Waals surface area contributed by atoms with E-state index in [-0.39, 0.29) is 0 Å². The number of benzene rings is 1. The fourth-order valence-electron chi connectivity index (χ4n) is 3.89. The first kappa shape index (κ1) is 16.5. The zero-order chi connectivity index (χ0) is 16.6. The molecule has 1 aromatic rings. The van der Waals surface area contributed by atoms with Crippen molar-refractivity contribution in [3.63, 3.8) is 0 Å².